The lowest BCUT2D eigenvalue weighted by atomic mass is 10.2. The van der Waals surface area contributed by atoms with Gasteiger partial charge in [0.15, 0.2) is 11.5 Å². The molecule has 1 amide bonds. The highest BCUT2D eigenvalue weighted by Crippen LogP contribution is 2.36. The van der Waals surface area contributed by atoms with Gasteiger partial charge in [0.1, 0.15) is 0 Å². The van der Waals surface area contributed by atoms with Gasteiger partial charge in [-0.15, -0.1) is 11.3 Å². The van der Waals surface area contributed by atoms with E-state index in [2.05, 4.69) is 32.3 Å². The number of benzene rings is 2. The van der Waals surface area contributed by atoms with Crippen molar-refractivity contribution in [2.24, 2.45) is 0 Å². The van der Waals surface area contributed by atoms with E-state index in [1.807, 2.05) is 25.1 Å². The van der Waals surface area contributed by atoms with E-state index in [4.69, 9.17) is 9.47 Å². The number of nitrogens with zero attached hydrogens (tertiary/aromatic N) is 1. The second-order valence-electron chi connectivity index (χ2n) is 5.86. The molecular formula is C20H21BrN2O3S. The number of aryl methyl sites for hydroxylation is 1. The Bertz CT molecular complexity index is 909. The van der Waals surface area contributed by atoms with Gasteiger partial charge in [0, 0.05) is 18.5 Å². The van der Waals surface area contributed by atoms with Crippen LogP contribution < -0.4 is 14.8 Å². The fourth-order valence-corrected chi connectivity index (χ4v) is 4.27. The molecule has 0 saturated carbocycles. The van der Waals surface area contributed by atoms with Gasteiger partial charge in [-0.25, -0.2) is 4.98 Å². The van der Waals surface area contributed by atoms with Crippen molar-refractivity contribution >= 4 is 43.4 Å². The smallest absolute Gasteiger partial charge is 0.251 e. The minimum Gasteiger partial charge on any atom is -0.493 e. The summed E-state index contributed by atoms with van der Waals surface area (Å²) in [5, 5.41) is 4.05. The van der Waals surface area contributed by atoms with Crippen LogP contribution in [0.15, 0.2) is 40.9 Å². The van der Waals surface area contributed by atoms with E-state index in [-0.39, 0.29) is 5.91 Å². The number of methoxy groups -OCH3 is 1. The molecule has 0 unspecified atom stereocenters. The summed E-state index contributed by atoms with van der Waals surface area (Å²) in [7, 11) is 1.56. The van der Waals surface area contributed by atoms with Crippen molar-refractivity contribution < 1.29 is 14.3 Å². The average Bonchev–Trinajstić information content (AvgIpc) is 3.09. The van der Waals surface area contributed by atoms with Gasteiger partial charge < -0.3 is 14.8 Å². The Morgan fingerprint density at radius 1 is 1.30 bits per heavy atom. The van der Waals surface area contributed by atoms with Gasteiger partial charge in [0.25, 0.3) is 5.91 Å². The number of aromatic nitrogens is 1. The Kier molecular flexibility index (Phi) is 6.68. The van der Waals surface area contributed by atoms with E-state index in [0.29, 0.717) is 34.7 Å². The first-order valence-corrected chi connectivity index (χ1v) is 10.4. The topological polar surface area (TPSA) is 60.5 Å². The van der Waals surface area contributed by atoms with Crippen molar-refractivity contribution in [2.45, 2.75) is 19.8 Å². The number of carbonyl (C=O) groups excluding carboxylic acids is 1. The third kappa shape index (κ3) is 4.78. The van der Waals surface area contributed by atoms with Gasteiger partial charge in [-0.05, 0) is 53.5 Å². The zero-order valence-corrected chi connectivity index (χ0v) is 17.7. The molecular weight excluding hydrogens is 428 g/mol. The molecule has 7 heteroatoms. The highest BCUT2D eigenvalue weighted by Gasteiger charge is 2.15. The second kappa shape index (κ2) is 9.19. The molecule has 0 radical (unpaired) electrons. The van der Waals surface area contributed by atoms with Crippen LogP contribution in [0.2, 0.25) is 0 Å². The van der Waals surface area contributed by atoms with Crippen LogP contribution in [0.5, 0.6) is 11.5 Å². The van der Waals surface area contributed by atoms with Gasteiger partial charge in [-0.3, -0.25) is 4.79 Å². The number of hydrogen-bond acceptors (Lipinski definition) is 5. The highest BCUT2D eigenvalue weighted by molar-refractivity contribution is 9.10. The average molecular weight is 449 g/mol. The summed E-state index contributed by atoms with van der Waals surface area (Å²) in [6.45, 7) is 3.01. The summed E-state index contributed by atoms with van der Waals surface area (Å²) in [6.07, 6.45) is 1.68. The Morgan fingerprint density at radius 2 is 2.11 bits per heavy atom. The second-order valence-corrected chi connectivity index (χ2v) is 7.83. The van der Waals surface area contributed by atoms with Crippen LogP contribution in [0.4, 0.5) is 0 Å². The number of hydrogen-bond donors (Lipinski definition) is 1. The molecule has 5 nitrogen and oxygen atoms in total. The minimum absolute atomic E-state index is 0.138. The van der Waals surface area contributed by atoms with Crippen molar-refractivity contribution in [3.63, 3.8) is 0 Å². The number of fused-ring (bicyclic) bond motifs is 1. The highest BCUT2D eigenvalue weighted by atomic mass is 79.9. The largest absolute Gasteiger partial charge is 0.493 e. The summed E-state index contributed by atoms with van der Waals surface area (Å²) < 4.78 is 12.8. The van der Waals surface area contributed by atoms with Gasteiger partial charge in [0.2, 0.25) is 0 Å². The number of rotatable bonds is 8. The normalized spacial score (nSPS) is 10.8. The van der Waals surface area contributed by atoms with Crippen molar-refractivity contribution in [2.75, 3.05) is 20.3 Å². The molecule has 1 aromatic heterocycles. The molecule has 3 aromatic rings. The number of amides is 1. The monoisotopic (exact) mass is 448 g/mol. The fourth-order valence-electron chi connectivity index (χ4n) is 2.71. The van der Waals surface area contributed by atoms with Gasteiger partial charge in [0.05, 0.1) is 33.4 Å². The molecule has 142 valence electrons. The predicted molar refractivity (Wildman–Crippen MR) is 112 cm³/mol. The van der Waals surface area contributed by atoms with Crippen molar-refractivity contribution in [1.29, 1.82) is 0 Å². The number of para-hydroxylation sites is 1. The van der Waals surface area contributed by atoms with Crippen LogP contribution in [0.1, 0.15) is 28.7 Å². The maximum atomic E-state index is 12.4. The summed E-state index contributed by atoms with van der Waals surface area (Å²) in [4.78, 5) is 17.1. The van der Waals surface area contributed by atoms with Gasteiger partial charge in [-0.1, -0.05) is 12.1 Å². The van der Waals surface area contributed by atoms with E-state index in [0.717, 1.165) is 23.4 Å². The molecule has 1 N–H and O–H groups in total. The number of nitrogens with one attached hydrogen (secondary N) is 1. The third-order valence-corrected chi connectivity index (χ3v) is 5.66. The van der Waals surface area contributed by atoms with Crippen LogP contribution in [-0.4, -0.2) is 31.2 Å². The van der Waals surface area contributed by atoms with E-state index in [9.17, 15) is 4.79 Å². The Hall–Kier alpha value is -2.12. The first kappa shape index (κ1) is 19.6. The summed E-state index contributed by atoms with van der Waals surface area (Å²) in [5.74, 6) is 1.000. The Labute approximate surface area is 170 Å². The molecule has 0 aliphatic rings. The quantitative estimate of drug-likeness (QED) is 0.501. The lowest BCUT2D eigenvalue weighted by Gasteiger charge is -2.13. The molecule has 0 spiro atoms. The number of carbonyl (C=O) groups is 1. The van der Waals surface area contributed by atoms with Crippen LogP contribution in [0.3, 0.4) is 0 Å². The van der Waals surface area contributed by atoms with Crippen molar-refractivity contribution in [3.05, 3.63) is 51.4 Å². The SMILES string of the molecule is CCOc1c(Br)cc(C(=O)NCCCc2nc3ccccc3s2)cc1OC. The fraction of sp³-hybridized carbons (Fsp3) is 0.300. The van der Waals surface area contributed by atoms with Crippen LogP contribution >= 0.6 is 27.3 Å². The Morgan fingerprint density at radius 3 is 2.85 bits per heavy atom. The summed E-state index contributed by atoms with van der Waals surface area (Å²) >= 11 is 5.15. The lowest BCUT2D eigenvalue weighted by molar-refractivity contribution is 0.0952. The molecule has 0 saturated heterocycles. The maximum absolute atomic E-state index is 12.4. The Balaban J connectivity index is 1.56. The van der Waals surface area contributed by atoms with Gasteiger partial charge >= 0.3 is 0 Å². The van der Waals surface area contributed by atoms with Crippen LogP contribution in [-0.2, 0) is 6.42 Å². The molecule has 2 aromatic carbocycles. The molecule has 0 aliphatic heterocycles. The first-order valence-electron chi connectivity index (χ1n) is 8.75. The number of ether oxygens (including phenoxy) is 2. The van der Waals surface area contributed by atoms with Crippen molar-refractivity contribution in [3.8, 4) is 11.5 Å². The number of halogens is 1. The first-order chi connectivity index (χ1) is 13.1. The zero-order valence-electron chi connectivity index (χ0n) is 15.3. The molecule has 3 rings (SSSR count). The predicted octanol–water partition coefficient (Wildman–Crippen LogP) is 4.83. The molecule has 0 bridgehead atoms. The third-order valence-electron chi connectivity index (χ3n) is 3.97. The van der Waals surface area contributed by atoms with E-state index in [1.54, 1.807) is 30.6 Å². The van der Waals surface area contributed by atoms with E-state index < -0.39 is 0 Å². The molecule has 0 aliphatic carbocycles. The van der Waals surface area contributed by atoms with E-state index in [1.165, 1.54) is 4.70 Å². The summed E-state index contributed by atoms with van der Waals surface area (Å²) in [5.41, 5.74) is 1.56. The van der Waals surface area contributed by atoms with E-state index >= 15 is 0 Å². The zero-order chi connectivity index (χ0) is 19.2. The van der Waals surface area contributed by atoms with Gasteiger partial charge in [-0.2, -0.15) is 0 Å². The standard InChI is InChI=1S/C20H21BrN2O3S/c1-3-26-19-14(21)11-13(12-16(19)25-2)20(24)22-10-6-9-18-23-15-7-4-5-8-17(15)27-18/h4-5,7-8,11-12H,3,6,9-10H2,1-2H3,(H,22,24). The van der Waals surface area contributed by atoms with Crippen LogP contribution in [0.25, 0.3) is 10.2 Å². The van der Waals surface area contributed by atoms with Crippen molar-refractivity contribution in [1.82, 2.24) is 10.3 Å². The number of thiazole rings is 1. The summed E-state index contributed by atoms with van der Waals surface area (Å²) in [6, 6.07) is 11.6. The molecule has 0 atom stereocenters. The maximum Gasteiger partial charge on any atom is 0.251 e. The molecule has 1 heterocycles. The molecule has 27 heavy (non-hydrogen) atoms. The van der Waals surface area contributed by atoms with Crippen LogP contribution in [0, 0.1) is 0 Å². The lowest BCUT2D eigenvalue weighted by Crippen LogP contribution is -2.24. The minimum atomic E-state index is -0.138. The molecule has 0 fully saturated rings.